The van der Waals surface area contributed by atoms with Crippen molar-refractivity contribution in [1.82, 2.24) is 5.43 Å². The Labute approximate surface area is 128 Å². The second-order valence-corrected chi connectivity index (χ2v) is 6.78. The third kappa shape index (κ3) is 3.34. The number of hydrogen-bond acceptors (Lipinski definition) is 2. The van der Waals surface area contributed by atoms with Crippen LogP contribution >= 0.6 is 0 Å². The van der Waals surface area contributed by atoms with E-state index in [0.29, 0.717) is 0 Å². The van der Waals surface area contributed by atoms with Crippen molar-refractivity contribution in [1.29, 1.82) is 0 Å². The lowest BCUT2D eigenvalue weighted by Gasteiger charge is -2.27. The van der Waals surface area contributed by atoms with Gasteiger partial charge in [-0.15, -0.1) is 0 Å². The van der Waals surface area contributed by atoms with Crippen LogP contribution in [0.2, 0.25) is 0 Å². The van der Waals surface area contributed by atoms with E-state index in [4.69, 9.17) is 5.84 Å². The zero-order valence-electron chi connectivity index (χ0n) is 13.7. The van der Waals surface area contributed by atoms with Gasteiger partial charge in [-0.3, -0.25) is 5.84 Å². The minimum Gasteiger partial charge on any atom is -0.271 e. The molecule has 21 heavy (non-hydrogen) atoms. The van der Waals surface area contributed by atoms with Crippen LogP contribution in [-0.4, -0.2) is 0 Å². The lowest BCUT2D eigenvalue weighted by molar-refractivity contribution is 0.558. The summed E-state index contributed by atoms with van der Waals surface area (Å²) in [6, 6.07) is 15.1. The second-order valence-electron chi connectivity index (χ2n) is 6.78. The quantitative estimate of drug-likeness (QED) is 0.655. The van der Waals surface area contributed by atoms with E-state index in [2.05, 4.69) is 82.5 Å². The Hall–Kier alpha value is -1.64. The van der Waals surface area contributed by atoms with Crippen molar-refractivity contribution in [2.24, 2.45) is 5.84 Å². The molecule has 0 aliphatic carbocycles. The standard InChI is InChI=1S/C19H26N2/c1-13-10-11-15(12-14(13)2)18(21-20)16-8-6-7-9-17(16)19(3,4)5/h6-12,18,21H,20H2,1-5H3. The third-order valence-corrected chi connectivity index (χ3v) is 4.11. The summed E-state index contributed by atoms with van der Waals surface area (Å²) in [5, 5.41) is 0. The van der Waals surface area contributed by atoms with E-state index in [1.807, 2.05) is 0 Å². The van der Waals surface area contributed by atoms with Gasteiger partial charge in [0.2, 0.25) is 0 Å². The Bertz CT molecular complexity index is 624. The zero-order chi connectivity index (χ0) is 15.6. The van der Waals surface area contributed by atoms with Gasteiger partial charge in [-0.25, -0.2) is 5.43 Å². The van der Waals surface area contributed by atoms with Crippen LogP contribution in [0, 0.1) is 13.8 Å². The lowest BCUT2D eigenvalue weighted by Crippen LogP contribution is -2.31. The number of rotatable bonds is 3. The van der Waals surface area contributed by atoms with Crippen molar-refractivity contribution in [3.63, 3.8) is 0 Å². The maximum Gasteiger partial charge on any atom is 0.0713 e. The molecule has 3 N–H and O–H groups in total. The first kappa shape index (κ1) is 15.7. The largest absolute Gasteiger partial charge is 0.271 e. The SMILES string of the molecule is Cc1ccc(C(NN)c2ccccc2C(C)(C)C)cc1C. The van der Waals surface area contributed by atoms with Crippen LogP contribution < -0.4 is 11.3 Å². The maximum absolute atomic E-state index is 5.89. The fourth-order valence-electron chi connectivity index (χ4n) is 2.74. The summed E-state index contributed by atoms with van der Waals surface area (Å²) in [6.07, 6.45) is 0. The van der Waals surface area contributed by atoms with E-state index in [9.17, 15) is 0 Å². The smallest absolute Gasteiger partial charge is 0.0713 e. The molecule has 1 atom stereocenters. The van der Waals surface area contributed by atoms with Crippen molar-refractivity contribution in [3.8, 4) is 0 Å². The molecular formula is C19H26N2. The van der Waals surface area contributed by atoms with Crippen LogP contribution in [0.3, 0.4) is 0 Å². The van der Waals surface area contributed by atoms with Crippen molar-refractivity contribution < 1.29 is 0 Å². The zero-order valence-corrected chi connectivity index (χ0v) is 13.7. The molecule has 2 aromatic carbocycles. The van der Waals surface area contributed by atoms with E-state index < -0.39 is 0 Å². The number of nitrogens with one attached hydrogen (secondary N) is 1. The van der Waals surface area contributed by atoms with Crippen molar-refractivity contribution >= 4 is 0 Å². The number of nitrogens with two attached hydrogens (primary N) is 1. The van der Waals surface area contributed by atoms with Crippen LogP contribution in [0.1, 0.15) is 54.6 Å². The van der Waals surface area contributed by atoms with Crippen molar-refractivity contribution in [3.05, 3.63) is 70.3 Å². The van der Waals surface area contributed by atoms with Crippen LogP contribution in [0.15, 0.2) is 42.5 Å². The molecule has 1 unspecified atom stereocenters. The molecule has 2 rings (SSSR count). The van der Waals surface area contributed by atoms with Gasteiger partial charge in [0.1, 0.15) is 0 Å². The summed E-state index contributed by atoms with van der Waals surface area (Å²) in [7, 11) is 0. The predicted octanol–water partition coefficient (Wildman–Crippen LogP) is 4.15. The van der Waals surface area contributed by atoms with Gasteiger partial charge in [0.25, 0.3) is 0 Å². The summed E-state index contributed by atoms with van der Waals surface area (Å²) in [5.41, 5.74) is 9.46. The molecule has 2 heteroatoms. The Morgan fingerprint density at radius 2 is 1.62 bits per heavy atom. The minimum absolute atomic E-state index is 0.0136. The van der Waals surface area contributed by atoms with Gasteiger partial charge in [0.15, 0.2) is 0 Å². The van der Waals surface area contributed by atoms with E-state index >= 15 is 0 Å². The molecule has 0 heterocycles. The highest BCUT2D eigenvalue weighted by Gasteiger charge is 2.23. The summed E-state index contributed by atoms with van der Waals surface area (Å²) >= 11 is 0. The maximum atomic E-state index is 5.89. The summed E-state index contributed by atoms with van der Waals surface area (Å²) < 4.78 is 0. The molecule has 0 bridgehead atoms. The highest BCUT2D eigenvalue weighted by molar-refractivity contribution is 5.42. The molecule has 0 aromatic heterocycles. The summed E-state index contributed by atoms with van der Waals surface area (Å²) in [5.74, 6) is 5.89. The van der Waals surface area contributed by atoms with Crippen LogP contribution in [0.5, 0.6) is 0 Å². The predicted molar refractivity (Wildman–Crippen MR) is 90.2 cm³/mol. The van der Waals surface area contributed by atoms with Gasteiger partial charge in [-0.05, 0) is 47.1 Å². The fraction of sp³-hybridized carbons (Fsp3) is 0.368. The number of benzene rings is 2. The summed E-state index contributed by atoms with van der Waals surface area (Å²) in [4.78, 5) is 0. The molecule has 0 amide bonds. The van der Waals surface area contributed by atoms with Gasteiger partial charge in [-0.1, -0.05) is 63.2 Å². The normalized spacial score (nSPS) is 13.2. The summed E-state index contributed by atoms with van der Waals surface area (Å²) in [6.45, 7) is 11.0. The van der Waals surface area contributed by atoms with E-state index in [1.165, 1.54) is 27.8 Å². The number of aryl methyl sites for hydroxylation is 2. The molecule has 0 fully saturated rings. The third-order valence-electron chi connectivity index (χ3n) is 4.11. The number of hydrazine groups is 1. The molecule has 0 spiro atoms. The molecule has 0 aliphatic rings. The topological polar surface area (TPSA) is 38.0 Å². The minimum atomic E-state index is 0.0136. The van der Waals surface area contributed by atoms with Gasteiger partial charge in [-0.2, -0.15) is 0 Å². The average Bonchev–Trinajstić information content (AvgIpc) is 2.43. The van der Waals surface area contributed by atoms with Crippen molar-refractivity contribution in [2.45, 2.75) is 46.1 Å². The van der Waals surface area contributed by atoms with Crippen LogP contribution in [0.25, 0.3) is 0 Å². The second kappa shape index (κ2) is 6.00. The van der Waals surface area contributed by atoms with Gasteiger partial charge >= 0.3 is 0 Å². The molecule has 0 aliphatic heterocycles. The molecule has 0 saturated carbocycles. The van der Waals surface area contributed by atoms with Gasteiger partial charge in [0, 0.05) is 0 Å². The Morgan fingerprint density at radius 1 is 0.952 bits per heavy atom. The van der Waals surface area contributed by atoms with Gasteiger partial charge in [0.05, 0.1) is 6.04 Å². The Morgan fingerprint density at radius 3 is 2.19 bits per heavy atom. The Kier molecular flexibility index (Phi) is 4.50. The van der Waals surface area contributed by atoms with Gasteiger partial charge < -0.3 is 0 Å². The van der Waals surface area contributed by atoms with Crippen molar-refractivity contribution in [2.75, 3.05) is 0 Å². The average molecular weight is 282 g/mol. The first-order valence-corrected chi connectivity index (χ1v) is 7.47. The highest BCUT2D eigenvalue weighted by Crippen LogP contribution is 2.32. The molecule has 2 nitrogen and oxygen atoms in total. The highest BCUT2D eigenvalue weighted by atomic mass is 15.2. The Balaban J connectivity index is 2.54. The molecule has 0 saturated heterocycles. The fourth-order valence-corrected chi connectivity index (χ4v) is 2.74. The van der Waals surface area contributed by atoms with Crippen LogP contribution in [0.4, 0.5) is 0 Å². The van der Waals surface area contributed by atoms with Crippen LogP contribution in [-0.2, 0) is 5.41 Å². The molecular weight excluding hydrogens is 256 g/mol. The van der Waals surface area contributed by atoms with E-state index in [1.54, 1.807) is 0 Å². The monoisotopic (exact) mass is 282 g/mol. The van der Waals surface area contributed by atoms with E-state index in [0.717, 1.165) is 0 Å². The number of hydrogen-bond donors (Lipinski definition) is 2. The molecule has 112 valence electrons. The first-order valence-electron chi connectivity index (χ1n) is 7.47. The first-order chi connectivity index (χ1) is 9.84. The molecule has 2 aromatic rings. The van der Waals surface area contributed by atoms with E-state index in [-0.39, 0.29) is 11.5 Å². The molecule has 0 radical (unpaired) electrons. The lowest BCUT2D eigenvalue weighted by atomic mass is 9.80.